The third-order valence-electron chi connectivity index (χ3n) is 2.43. The summed E-state index contributed by atoms with van der Waals surface area (Å²) in [4.78, 5) is 34.5. The summed E-state index contributed by atoms with van der Waals surface area (Å²) in [6.07, 6.45) is 0.428. The molecule has 0 saturated carbocycles. The molecule has 0 bridgehead atoms. The highest BCUT2D eigenvalue weighted by Gasteiger charge is 2.16. The van der Waals surface area contributed by atoms with Crippen LogP contribution in [0, 0.1) is 5.92 Å². The Balaban J connectivity index is 3.96. The lowest BCUT2D eigenvalue weighted by molar-refractivity contribution is -0.138. The van der Waals surface area contributed by atoms with E-state index in [2.05, 4.69) is 5.32 Å². The Morgan fingerprint density at radius 1 is 1.29 bits per heavy atom. The van der Waals surface area contributed by atoms with Gasteiger partial charge in [0.05, 0.1) is 0 Å². The zero-order valence-corrected chi connectivity index (χ0v) is 10.5. The third-order valence-corrected chi connectivity index (χ3v) is 2.43. The van der Waals surface area contributed by atoms with Gasteiger partial charge in [-0.05, 0) is 5.92 Å². The van der Waals surface area contributed by atoms with Crippen molar-refractivity contribution >= 4 is 17.8 Å². The van der Waals surface area contributed by atoms with Crippen LogP contribution in [-0.2, 0) is 14.4 Å². The highest BCUT2D eigenvalue weighted by molar-refractivity contribution is 5.79. The van der Waals surface area contributed by atoms with E-state index in [0.29, 0.717) is 6.54 Å². The predicted octanol–water partition coefficient (Wildman–Crippen LogP) is 0.0818. The lowest BCUT2D eigenvalue weighted by atomic mass is 10.0. The van der Waals surface area contributed by atoms with Gasteiger partial charge in [-0.2, -0.15) is 0 Å². The number of amides is 2. The van der Waals surface area contributed by atoms with Gasteiger partial charge < -0.3 is 15.3 Å². The van der Waals surface area contributed by atoms with E-state index in [1.54, 1.807) is 21.0 Å². The zero-order chi connectivity index (χ0) is 13.4. The van der Waals surface area contributed by atoms with Crippen LogP contribution in [0.25, 0.3) is 0 Å². The molecule has 0 radical (unpaired) electrons. The molecule has 0 spiro atoms. The maximum Gasteiger partial charge on any atom is 0.303 e. The summed E-state index contributed by atoms with van der Waals surface area (Å²) < 4.78 is 0. The van der Waals surface area contributed by atoms with Gasteiger partial charge in [-0.15, -0.1) is 0 Å². The zero-order valence-electron chi connectivity index (χ0n) is 10.5. The molecular formula is C11H20N2O4. The summed E-state index contributed by atoms with van der Waals surface area (Å²) in [5.74, 6) is -1.35. The molecule has 0 aromatic rings. The average Bonchev–Trinajstić information content (AvgIpc) is 2.23. The number of hydrogen-bond acceptors (Lipinski definition) is 3. The molecule has 6 heteroatoms. The van der Waals surface area contributed by atoms with Crippen molar-refractivity contribution in [3.8, 4) is 0 Å². The maximum atomic E-state index is 11.6. The molecule has 98 valence electrons. The molecule has 0 fully saturated rings. The first-order valence-electron chi connectivity index (χ1n) is 5.53. The minimum absolute atomic E-state index is 0.0188. The van der Waals surface area contributed by atoms with Crippen molar-refractivity contribution in [1.29, 1.82) is 0 Å². The van der Waals surface area contributed by atoms with Gasteiger partial charge in [-0.25, -0.2) is 0 Å². The second-order valence-corrected chi connectivity index (χ2v) is 4.15. The van der Waals surface area contributed by atoms with Gasteiger partial charge in [0.25, 0.3) is 0 Å². The number of aliphatic carboxylic acids is 1. The van der Waals surface area contributed by atoms with Gasteiger partial charge in [-0.3, -0.25) is 14.4 Å². The Kier molecular flexibility index (Phi) is 6.93. The Morgan fingerprint density at radius 3 is 2.35 bits per heavy atom. The van der Waals surface area contributed by atoms with Crippen molar-refractivity contribution in [3.63, 3.8) is 0 Å². The van der Waals surface area contributed by atoms with Crippen molar-refractivity contribution in [2.75, 3.05) is 20.6 Å². The standard InChI is InChI=1S/C11H20N2O4/c1-8(7-11(16)17)6-10(15)13(3)5-4-9(14)12-2/h8H,4-7H2,1-3H3,(H,12,14)(H,16,17). The van der Waals surface area contributed by atoms with Crippen LogP contribution in [0.4, 0.5) is 0 Å². The van der Waals surface area contributed by atoms with Crippen LogP contribution < -0.4 is 5.32 Å². The first kappa shape index (κ1) is 15.4. The highest BCUT2D eigenvalue weighted by Crippen LogP contribution is 2.09. The molecular weight excluding hydrogens is 224 g/mol. The van der Waals surface area contributed by atoms with E-state index in [0.717, 1.165) is 0 Å². The highest BCUT2D eigenvalue weighted by atomic mass is 16.4. The number of hydrogen-bond donors (Lipinski definition) is 2. The molecule has 17 heavy (non-hydrogen) atoms. The fraction of sp³-hybridized carbons (Fsp3) is 0.727. The van der Waals surface area contributed by atoms with Crippen LogP contribution in [0.1, 0.15) is 26.2 Å². The van der Waals surface area contributed by atoms with Crippen molar-refractivity contribution in [2.45, 2.75) is 26.2 Å². The molecule has 0 heterocycles. The van der Waals surface area contributed by atoms with Gasteiger partial charge in [0.2, 0.25) is 11.8 Å². The van der Waals surface area contributed by atoms with Crippen molar-refractivity contribution < 1.29 is 19.5 Å². The van der Waals surface area contributed by atoms with Crippen LogP contribution in [0.15, 0.2) is 0 Å². The Hall–Kier alpha value is -1.59. The summed E-state index contributed by atoms with van der Waals surface area (Å²) in [7, 11) is 3.15. The first-order valence-corrected chi connectivity index (χ1v) is 5.53. The number of rotatable bonds is 7. The number of nitrogens with one attached hydrogen (secondary N) is 1. The molecule has 2 N–H and O–H groups in total. The third kappa shape index (κ3) is 7.32. The minimum Gasteiger partial charge on any atom is -0.481 e. The van der Waals surface area contributed by atoms with Crippen LogP contribution in [-0.4, -0.2) is 48.4 Å². The average molecular weight is 244 g/mol. The molecule has 0 aromatic carbocycles. The molecule has 2 amide bonds. The van der Waals surface area contributed by atoms with E-state index in [1.807, 2.05) is 0 Å². The van der Waals surface area contributed by atoms with E-state index < -0.39 is 5.97 Å². The fourth-order valence-electron chi connectivity index (χ4n) is 1.34. The molecule has 1 unspecified atom stereocenters. The van der Waals surface area contributed by atoms with Gasteiger partial charge in [0, 0.05) is 39.9 Å². The summed E-state index contributed by atoms with van der Waals surface area (Å²) in [5.41, 5.74) is 0. The Bertz CT molecular complexity index is 291. The number of carbonyl (C=O) groups is 3. The first-order chi connectivity index (χ1) is 7.86. The molecule has 0 aromatic heterocycles. The van der Waals surface area contributed by atoms with Gasteiger partial charge in [-0.1, -0.05) is 6.92 Å². The number of nitrogens with zero attached hydrogens (tertiary/aromatic N) is 1. The lowest BCUT2D eigenvalue weighted by Gasteiger charge is -2.18. The van der Waals surface area contributed by atoms with Crippen LogP contribution in [0.5, 0.6) is 0 Å². The van der Waals surface area contributed by atoms with Gasteiger partial charge >= 0.3 is 5.97 Å². The Morgan fingerprint density at radius 2 is 1.88 bits per heavy atom. The summed E-state index contributed by atoms with van der Waals surface area (Å²) in [5, 5.41) is 11.0. The summed E-state index contributed by atoms with van der Waals surface area (Å²) >= 11 is 0. The normalized spacial score (nSPS) is 11.7. The molecule has 1 atom stereocenters. The van der Waals surface area contributed by atoms with E-state index in [4.69, 9.17) is 5.11 Å². The van der Waals surface area contributed by atoms with Crippen LogP contribution in [0.2, 0.25) is 0 Å². The molecule has 0 rings (SSSR count). The van der Waals surface area contributed by atoms with Gasteiger partial charge in [0.15, 0.2) is 0 Å². The number of carboxylic acid groups (broad SMARTS) is 1. The van der Waals surface area contributed by atoms with Crippen LogP contribution in [0.3, 0.4) is 0 Å². The second-order valence-electron chi connectivity index (χ2n) is 4.15. The minimum atomic E-state index is -0.904. The fourth-order valence-corrected chi connectivity index (χ4v) is 1.34. The SMILES string of the molecule is CNC(=O)CCN(C)C(=O)CC(C)CC(=O)O. The summed E-state index contributed by atoms with van der Waals surface area (Å²) in [6, 6.07) is 0. The van der Waals surface area contributed by atoms with E-state index in [-0.39, 0.29) is 37.0 Å². The molecule has 0 aliphatic rings. The predicted molar refractivity (Wildman–Crippen MR) is 62.4 cm³/mol. The number of carbonyl (C=O) groups excluding carboxylic acids is 2. The molecule has 0 aliphatic heterocycles. The Labute approximate surface area is 101 Å². The van der Waals surface area contributed by atoms with E-state index >= 15 is 0 Å². The topological polar surface area (TPSA) is 86.7 Å². The van der Waals surface area contributed by atoms with Crippen molar-refractivity contribution in [1.82, 2.24) is 10.2 Å². The quantitative estimate of drug-likeness (QED) is 0.664. The second kappa shape index (κ2) is 7.65. The van der Waals surface area contributed by atoms with Crippen molar-refractivity contribution in [2.24, 2.45) is 5.92 Å². The molecule has 0 saturated heterocycles. The molecule has 6 nitrogen and oxygen atoms in total. The maximum absolute atomic E-state index is 11.6. The van der Waals surface area contributed by atoms with Crippen molar-refractivity contribution in [3.05, 3.63) is 0 Å². The lowest BCUT2D eigenvalue weighted by Crippen LogP contribution is -2.32. The molecule has 0 aliphatic carbocycles. The van der Waals surface area contributed by atoms with Crippen LogP contribution >= 0.6 is 0 Å². The smallest absolute Gasteiger partial charge is 0.303 e. The largest absolute Gasteiger partial charge is 0.481 e. The van der Waals surface area contributed by atoms with E-state index in [1.165, 1.54) is 4.90 Å². The number of carboxylic acids is 1. The van der Waals surface area contributed by atoms with Gasteiger partial charge in [0.1, 0.15) is 0 Å². The summed E-state index contributed by atoms with van der Waals surface area (Å²) in [6.45, 7) is 2.07. The van der Waals surface area contributed by atoms with E-state index in [9.17, 15) is 14.4 Å². The monoisotopic (exact) mass is 244 g/mol.